The second-order valence-electron chi connectivity index (χ2n) is 4.81. The molecule has 19 heavy (non-hydrogen) atoms. The van der Waals surface area contributed by atoms with Crippen molar-refractivity contribution in [3.8, 4) is 6.01 Å². The van der Waals surface area contributed by atoms with E-state index in [9.17, 15) is 0 Å². The third-order valence-corrected chi connectivity index (χ3v) is 4.58. The van der Waals surface area contributed by atoms with Crippen molar-refractivity contribution >= 4 is 17.6 Å². The average Bonchev–Trinajstić information content (AvgIpc) is 2.72. The summed E-state index contributed by atoms with van der Waals surface area (Å²) in [5, 5.41) is 3.43. The molecule has 0 aromatic carbocycles. The second kappa shape index (κ2) is 5.96. The molecule has 1 aromatic rings. The van der Waals surface area contributed by atoms with Crippen molar-refractivity contribution in [2.24, 2.45) is 0 Å². The Balaban J connectivity index is 1.99. The van der Waals surface area contributed by atoms with Gasteiger partial charge in [-0.1, -0.05) is 0 Å². The van der Waals surface area contributed by atoms with E-state index in [1.54, 1.807) is 7.11 Å². The fourth-order valence-electron chi connectivity index (χ4n) is 2.63. The largest absolute Gasteiger partial charge is 0.467 e. The number of nitrogens with one attached hydrogen (secondary N) is 1. The van der Waals surface area contributed by atoms with Gasteiger partial charge in [-0.25, -0.2) is 0 Å². The first-order valence-corrected chi connectivity index (χ1v) is 8.01. The van der Waals surface area contributed by atoms with Crippen LogP contribution >= 0.6 is 11.8 Å². The summed E-state index contributed by atoms with van der Waals surface area (Å²) >= 11 is 2.02. The van der Waals surface area contributed by atoms with Gasteiger partial charge in [0.15, 0.2) is 0 Å². The summed E-state index contributed by atoms with van der Waals surface area (Å²) in [6, 6.07) is 0.508. The predicted octanol–water partition coefficient (Wildman–Crippen LogP) is 0.727. The Hall–Kier alpha value is -1.01. The van der Waals surface area contributed by atoms with Gasteiger partial charge in [0.05, 0.1) is 12.8 Å². The number of nitrogens with zero attached hydrogens (tertiary/aromatic N) is 3. The molecule has 0 aliphatic carbocycles. The quantitative estimate of drug-likeness (QED) is 0.862. The number of rotatable bonds is 2. The molecule has 1 aromatic heterocycles. The highest BCUT2D eigenvalue weighted by atomic mass is 32.2. The maximum Gasteiger partial charge on any atom is 0.318 e. The van der Waals surface area contributed by atoms with Crippen LogP contribution in [0.5, 0.6) is 6.01 Å². The van der Waals surface area contributed by atoms with Gasteiger partial charge in [-0.05, 0) is 13.0 Å². The van der Waals surface area contributed by atoms with Crippen molar-refractivity contribution in [1.29, 1.82) is 0 Å². The van der Waals surface area contributed by atoms with Crippen LogP contribution in [0.3, 0.4) is 0 Å². The fourth-order valence-corrected chi connectivity index (χ4v) is 3.53. The third-order valence-electron chi connectivity index (χ3n) is 3.63. The van der Waals surface area contributed by atoms with Gasteiger partial charge < -0.3 is 15.0 Å². The lowest BCUT2D eigenvalue weighted by Crippen LogP contribution is -2.34. The Morgan fingerprint density at radius 3 is 2.74 bits per heavy atom. The molecule has 0 atom stereocenters. The number of aromatic nitrogens is 2. The molecule has 0 amide bonds. The number of methoxy groups -OCH3 is 1. The van der Waals surface area contributed by atoms with Crippen LogP contribution in [0.1, 0.15) is 11.3 Å². The topological polar surface area (TPSA) is 50.3 Å². The highest BCUT2D eigenvalue weighted by Gasteiger charge is 2.22. The Bertz CT molecular complexity index is 449. The van der Waals surface area contributed by atoms with E-state index in [0.717, 1.165) is 50.5 Å². The molecule has 2 aliphatic heterocycles. The first kappa shape index (κ1) is 13.0. The lowest BCUT2D eigenvalue weighted by Gasteiger charge is -2.29. The first-order valence-electron chi connectivity index (χ1n) is 6.85. The van der Waals surface area contributed by atoms with E-state index >= 15 is 0 Å². The molecule has 1 saturated heterocycles. The second-order valence-corrected chi connectivity index (χ2v) is 6.03. The van der Waals surface area contributed by atoms with E-state index in [4.69, 9.17) is 4.74 Å². The van der Waals surface area contributed by atoms with Crippen molar-refractivity contribution in [2.75, 3.05) is 49.7 Å². The lowest BCUT2D eigenvalue weighted by molar-refractivity contribution is 0.377. The van der Waals surface area contributed by atoms with E-state index < -0.39 is 0 Å². The normalized spacial score (nSPS) is 19.7. The third kappa shape index (κ3) is 2.79. The summed E-state index contributed by atoms with van der Waals surface area (Å²) in [5.74, 6) is 3.46. The van der Waals surface area contributed by atoms with Crippen LogP contribution in [-0.4, -0.2) is 54.8 Å². The number of thioether (sulfide) groups is 1. The molecular formula is C13H20N4OS. The van der Waals surface area contributed by atoms with Crippen LogP contribution in [0.4, 0.5) is 5.82 Å². The van der Waals surface area contributed by atoms with E-state index in [-0.39, 0.29) is 0 Å². The van der Waals surface area contributed by atoms with Crippen molar-refractivity contribution < 1.29 is 4.74 Å². The summed E-state index contributed by atoms with van der Waals surface area (Å²) < 4.78 is 5.28. The highest BCUT2D eigenvalue weighted by Crippen LogP contribution is 2.27. The Labute approximate surface area is 118 Å². The van der Waals surface area contributed by atoms with Crippen molar-refractivity contribution in [3.05, 3.63) is 11.3 Å². The molecule has 3 heterocycles. The minimum absolute atomic E-state index is 0.508. The van der Waals surface area contributed by atoms with Gasteiger partial charge in [0.1, 0.15) is 5.82 Å². The zero-order valence-corrected chi connectivity index (χ0v) is 12.1. The van der Waals surface area contributed by atoms with Crippen LogP contribution in [0.25, 0.3) is 0 Å². The van der Waals surface area contributed by atoms with Crippen LogP contribution in [0, 0.1) is 0 Å². The molecule has 1 fully saturated rings. The molecule has 0 spiro atoms. The van der Waals surface area contributed by atoms with Gasteiger partial charge in [0, 0.05) is 43.1 Å². The van der Waals surface area contributed by atoms with E-state index in [1.165, 1.54) is 17.1 Å². The number of fused-ring (bicyclic) bond motifs is 1. The fraction of sp³-hybridized carbons (Fsp3) is 0.692. The van der Waals surface area contributed by atoms with Crippen LogP contribution < -0.4 is 15.0 Å². The monoisotopic (exact) mass is 280 g/mol. The van der Waals surface area contributed by atoms with Gasteiger partial charge >= 0.3 is 6.01 Å². The molecule has 0 unspecified atom stereocenters. The number of hydrogen-bond donors (Lipinski definition) is 1. The minimum Gasteiger partial charge on any atom is -0.467 e. The minimum atomic E-state index is 0.508. The van der Waals surface area contributed by atoms with Gasteiger partial charge in [-0.15, -0.1) is 0 Å². The van der Waals surface area contributed by atoms with Crippen molar-refractivity contribution in [1.82, 2.24) is 15.3 Å². The maximum absolute atomic E-state index is 5.28. The Morgan fingerprint density at radius 2 is 1.95 bits per heavy atom. The van der Waals surface area contributed by atoms with Gasteiger partial charge in [-0.2, -0.15) is 21.7 Å². The molecule has 1 N–H and O–H groups in total. The highest BCUT2D eigenvalue weighted by molar-refractivity contribution is 7.99. The van der Waals surface area contributed by atoms with Crippen molar-refractivity contribution in [2.45, 2.75) is 12.8 Å². The van der Waals surface area contributed by atoms with Gasteiger partial charge in [0.25, 0.3) is 0 Å². The lowest BCUT2D eigenvalue weighted by atomic mass is 10.1. The predicted molar refractivity (Wildman–Crippen MR) is 78.4 cm³/mol. The molecule has 6 heteroatoms. The van der Waals surface area contributed by atoms with Crippen LogP contribution in [0.2, 0.25) is 0 Å². The SMILES string of the molecule is COc1nc2c(c(N3CCSCC3)n1)CCNCC2. The van der Waals surface area contributed by atoms with E-state index in [0.29, 0.717) is 6.01 Å². The molecule has 104 valence electrons. The molecule has 0 bridgehead atoms. The zero-order valence-electron chi connectivity index (χ0n) is 11.3. The van der Waals surface area contributed by atoms with E-state index in [1.807, 2.05) is 11.8 Å². The number of anilines is 1. The molecule has 5 nitrogen and oxygen atoms in total. The molecule has 0 saturated carbocycles. The zero-order chi connectivity index (χ0) is 13.1. The maximum atomic E-state index is 5.28. The van der Waals surface area contributed by atoms with Crippen molar-refractivity contribution in [3.63, 3.8) is 0 Å². The Kier molecular flexibility index (Phi) is 4.08. The smallest absolute Gasteiger partial charge is 0.318 e. The number of ether oxygens (including phenoxy) is 1. The summed E-state index contributed by atoms with van der Waals surface area (Å²) in [4.78, 5) is 11.6. The molecule has 0 radical (unpaired) electrons. The summed E-state index contributed by atoms with van der Waals surface area (Å²) in [7, 11) is 1.65. The summed E-state index contributed by atoms with van der Waals surface area (Å²) in [5.41, 5.74) is 2.47. The Morgan fingerprint density at radius 1 is 1.16 bits per heavy atom. The van der Waals surface area contributed by atoms with Crippen LogP contribution in [0.15, 0.2) is 0 Å². The van der Waals surface area contributed by atoms with Gasteiger partial charge in [-0.3, -0.25) is 0 Å². The molecule has 2 aliphatic rings. The summed E-state index contributed by atoms with van der Waals surface area (Å²) in [6.07, 6.45) is 1.97. The number of hydrogen-bond acceptors (Lipinski definition) is 6. The molecule has 3 rings (SSSR count). The first-order chi connectivity index (χ1) is 9.38. The van der Waals surface area contributed by atoms with E-state index in [2.05, 4.69) is 20.2 Å². The average molecular weight is 280 g/mol. The van der Waals surface area contributed by atoms with Gasteiger partial charge in [0.2, 0.25) is 0 Å². The summed E-state index contributed by atoms with van der Waals surface area (Å²) in [6.45, 7) is 4.15. The molecular weight excluding hydrogens is 260 g/mol. The standard InChI is InChI=1S/C13H20N4OS/c1-18-13-15-11-3-5-14-4-2-10(11)12(16-13)17-6-8-19-9-7-17/h14H,2-9H2,1H3. The van der Waals surface area contributed by atoms with Crippen LogP contribution in [-0.2, 0) is 12.8 Å².